The second-order valence-electron chi connectivity index (χ2n) is 4.94. The SMILES string of the molecule is O=CC[C@H]1C=C[C@@H]2[C@@H]3CC[C@@H](C3)[C@@H]21. The molecule has 0 saturated heterocycles. The monoisotopic (exact) mass is 176 g/mol. The highest BCUT2D eigenvalue weighted by Gasteiger charge is 2.50. The van der Waals surface area contributed by atoms with Crippen LogP contribution in [0.25, 0.3) is 0 Å². The maximum atomic E-state index is 10.5. The molecule has 0 aromatic rings. The fourth-order valence-corrected chi connectivity index (χ4v) is 4.05. The molecule has 0 radical (unpaired) electrons. The molecule has 0 aromatic carbocycles. The minimum atomic E-state index is 0.595. The Kier molecular flexibility index (Phi) is 1.61. The number of hydrogen-bond acceptors (Lipinski definition) is 1. The summed E-state index contributed by atoms with van der Waals surface area (Å²) in [5, 5.41) is 0. The fraction of sp³-hybridized carbons (Fsp3) is 0.750. The van der Waals surface area contributed by atoms with Crippen LogP contribution < -0.4 is 0 Å². The van der Waals surface area contributed by atoms with E-state index in [1.165, 1.54) is 19.3 Å². The lowest BCUT2D eigenvalue weighted by Gasteiger charge is -2.28. The lowest BCUT2D eigenvalue weighted by Crippen LogP contribution is -2.23. The first-order valence-corrected chi connectivity index (χ1v) is 5.52. The van der Waals surface area contributed by atoms with Gasteiger partial charge in [-0.3, -0.25) is 0 Å². The standard InChI is InChI=1S/C12H16O/c13-6-5-8-3-4-11-9-1-2-10(7-9)12(8)11/h3-4,6,8-12H,1-2,5,7H2/t8-,9-,10+,11-,12+/m1/s1. The quantitative estimate of drug-likeness (QED) is 0.466. The molecule has 2 fully saturated rings. The summed E-state index contributed by atoms with van der Waals surface area (Å²) in [6.07, 6.45) is 10.9. The number of carbonyl (C=O) groups is 1. The summed E-state index contributed by atoms with van der Waals surface area (Å²) in [5.41, 5.74) is 0. The second-order valence-corrected chi connectivity index (χ2v) is 4.94. The molecule has 1 nitrogen and oxygen atoms in total. The highest BCUT2D eigenvalue weighted by atomic mass is 16.1. The number of allylic oxidation sites excluding steroid dienone is 2. The van der Waals surface area contributed by atoms with Gasteiger partial charge >= 0.3 is 0 Å². The van der Waals surface area contributed by atoms with Crippen molar-refractivity contribution in [3.63, 3.8) is 0 Å². The van der Waals surface area contributed by atoms with Gasteiger partial charge < -0.3 is 4.79 Å². The molecular formula is C12H16O. The lowest BCUT2D eigenvalue weighted by molar-refractivity contribution is -0.108. The molecule has 3 rings (SSSR count). The predicted molar refractivity (Wildman–Crippen MR) is 51.1 cm³/mol. The molecule has 0 amide bonds. The van der Waals surface area contributed by atoms with Crippen LogP contribution in [0.15, 0.2) is 12.2 Å². The van der Waals surface area contributed by atoms with Gasteiger partial charge in [-0.2, -0.15) is 0 Å². The van der Waals surface area contributed by atoms with Gasteiger partial charge in [-0.05, 0) is 48.9 Å². The molecule has 1 heteroatoms. The third-order valence-corrected chi connectivity index (χ3v) is 4.49. The van der Waals surface area contributed by atoms with Gasteiger partial charge in [0.1, 0.15) is 6.29 Å². The number of carbonyl (C=O) groups excluding carboxylic acids is 1. The summed E-state index contributed by atoms with van der Waals surface area (Å²) < 4.78 is 0. The third kappa shape index (κ3) is 0.962. The van der Waals surface area contributed by atoms with Gasteiger partial charge in [-0.15, -0.1) is 0 Å². The van der Waals surface area contributed by atoms with Gasteiger partial charge in [0.25, 0.3) is 0 Å². The summed E-state index contributed by atoms with van der Waals surface area (Å²) in [6, 6.07) is 0. The van der Waals surface area contributed by atoms with E-state index in [0.717, 1.165) is 36.4 Å². The van der Waals surface area contributed by atoms with E-state index in [4.69, 9.17) is 0 Å². The maximum absolute atomic E-state index is 10.5. The van der Waals surface area contributed by atoms with Crippen molar-refractivity contribution in [1.82, 2.24) is 0 Å². The Hall–Kier alpha value is -0.590. The van der Waals surface area contributed by atoms with Crippen molar-refractivity contribution < 1.29 is 4.79 Å². The third-order valence-electron chi connectivity index (χ3n) is 4.49. The molecular weight excluding hydrogens is 160 g/mol. The van der Waals surface area contributed by atoms with E-state index >= 15 is 0 Å². The molecule has 3 aliphatic carbocycles. The van der Waals surface area contributed by atoms with E-state index in [1.54, 1.807) is 0 Å². The minimum Gasteiger partial charge on any atom is -0.303 e. The first-order chi connectivity index (χ1) is 6.40. The zero-order valence-electron chi connectivity index (χ0n) is 7.86. The van der Waals surface area contributed by atoms with E-state index in [1.807, 2.05) is 0 Å². The van der Waals surface area contributed by atoms with Gasteiger partial charge in [0, 0.05) is 6.42 Å². The highest BCUT2D eigenvalue weighted by molar-refractivity contribution is 5.51. The summed E-state index contributed by atoms with van der Waals surface area (Å²) in [5.74, 6) is 4.23. The number of rotatable bonds is 2. The van der Waals surface area contributed by atoms with Crippen molar-refractivity contribution in [3.8, 4) is 0 Å². The zero-order valence-corrected chi connectivity index (χ0v) is 7.86. The molecule has 0 aromatic heterocycles. The molecule has 3 aliphatic rings. The van der Waals surface area contributed by atoms with E-state index in [9.17, 15) is 4.79 Å². The van der Waals surface area contributed by atoms with Gasteiger partial charge in [0.05, 0.1) is 0 Å². The van der Waals surface area contributed by atoms with Crippen LogP contribution in [-0.4, -0.2) is 6.29 Å². The fourth-order valence-electron chi connectivity index (χ4n) is 4.05. The van der Waals surface area contributed by atoms with Crippen LogP contribution in [0.1, 0.15) is 25.7 Å². The first kappa shape index (κ1) is 7.78. The van der Waals surface area contributed by atoms with Gasteiger partial charge in [-0.25, -0.2) is 0 Å². The Labute approximate surface area is 79.2 Å². The lowest BCUT2D eigenvalue weighted by atomic mass is 9.76. The predicted octanol–water partition coefficient (Wildman–Crippen LogP) is 2.42. The largest absolute Gasteiger partial charge is 0.303 e. The summed E-state index contributed by atoms with van der Waals surface area (Å²) >= 11 is 0. The number of fused-ring (bicyclic) bond motifs is 5. The van der Waals surface area contributed by atoms with E-state index in [-0.39, 0.29) is 0 Å². The molecule has 13 heavy (non-hydrogen) atoms. The van der Waals surface area contributed by atoms with E-state index < -0.39 is 0 Å². The molecule has 2 bridgehead atoms. The Balaban J connectivity index is 1.83. The zero-order chi connectivity index (χ0) is 8.84. The van der Waals surface area contributed by atoms with Crippen molar-refractivity contribution >= 4 is 6.29 Å². The molecule has 5 atom stereocenters. The molecule has 0 aliphatic heterocycles. The summed E-state index contributed by atoms with van der Waals surface area (Å²) in [6.45, 7) is 0. The summed E-state index contributed by atoms with van der Waals surface area (Å²) in [4.78, 5) is 10.5. The minimum absolute atomic E-state index is 0.595. The summed E-state index contributed by atoms with van der Waals surface area (Å²) in [7, 11) is 0. The van der Waals surface area contributed by atoms with Gasteiger partial charge in [0.2, 0.25) is 0 Å². The number of hydrogen-bond donors (Lipinski definition) is 0. The molecule has 70 valence electrons. The molecule has 0 unspecified atom stereocenters. The smallest absolute Gasteiger partial charge is 0.120 e. The van der Waals surface area contributed by atoms with Crippen LogP contribution in [0.5, 0.6) is 0 Å². The molecule has 0 heterocycles. The first-order valence-electron chi connectivity index (χ1n) is 5.52. The Morgan fingerprint density at radius 3 is 2.92 bits per heavy atom. The van der Waals surface area contributed by atoms with Crippen LogP contribution in [0, 0.1) is 29.6 Å². The Bertz CT molecular complexity index is 256. The van der Waals surface area contributed by atoms with Crippen molar-refractivity contribution in [2.75, 3.05) is 0 Å². The van der Waals surface area contributed by atoms with Gasteiger partial charge in [0.15, 0.2) is 0 Å². The van der Waals surface area contributed by atoms with Crippen LogP contribution in [-0.2, 0) is 4.79 Å². The van der Waals surface area contributed by atoms with Crippen LogP contribution in [0.4, 0.5) is 0 Å². The maximum Gasteiger partial charge on any atom is 0.120 e. The highest BCUT2D eigenvalue weighted by Crippen LogP contribution is 2.58. The van der Waals surface area contributed by atoms with E-state index in [2.05, 4.69) is 12.2 Å². The van der Waals surface area contributed by atoms with Crippen molar-refractivity contribution in [2.24, 2.45) is 29.6 Å². The molecule has 0 spiro atoms. The van der Waals surface area contributed by atoms with Crippen molar-refractivity contribution in [3.05, 3.63) is 12.2 Å². The van der Waals surface area contributed by atoms with Gasteiger partial charge in [-0.1, -0.05) is 12.2 Å². The molecule has 2 saturated carbocycles. The van der Waals surface area contributed by atoms with Crippen LogP contribution in [0.3, 0.4) is 0 Å². The van der Waals surface area contributed by atoms with E-state index in [0.29, 0.717) is 5.92 Å². The Morgan fingerprint density at radius 2 is 2.08 bits per heavy atom. The van der Waals surface area contributed by atoms with Crippen LogP contribution in [0.2, 0.25) is 0 Å². The number of aldehydes is 1. The van der Waals surface area contributed by atoms with Crippen LogP contribution >= 0.6 is 0 Å². The second kappa shape index (κ2) is 2.70. The Morgan fingerprint density at radius 1 is 1.23 bits per heavy atom. The average Bonchev–Trinajstić information content (AvgIpc) is 2.74. The van der Waals surface area contributed by atoms with Crippen molar-refractivity contribution in [1.29, 1.82) is 0 Å². The average molecular weight is 176 g/mol. The van der Waals surface area contributed by atoms with Crippen molar-refractivity contribution in [2.45, 2.75) is 25.7 Å². The normalized spacial score (nSPS) is 51.2. The molecule has 0 N–H and O–H groups in total. The topological polar surface area (TPSA) is 17.1 Å².